The molecule has 1 saturated heterocycles. The molecule has 1 nitrogen and oxygen atoms in total. The monoisotopic (exact) mass is 239 g/mol. The largest absolute Gasteiger partial charge is 0.316 e. The Hall–Kier alpha value is -0.340. The van der Waals surface area contributed by atoms with Gasteiger partial charge in [0.1, 0.15) is 0 Å². The maximum atomic E-state index is 3.58. The number of nitrogens with one attached hydrogen (secondary N) is 1. The van der Waals surface area contributed by atoms with E-state index in [0.29, 0.717) is 5.41 Å². The summed E-state index contributed by atoms with van der Waals surface area (Å²) in [4.78, 5) is 0. The molecule has 0 saturated carbocycles. The number of hydrogen-bond acceptors (Lipinski definition) is 1. The number of benzene rings is 1. The van der Waals surface area contributed by atoms with Crippen molar-refractivity contribution in [2.75, 3.05) is 13.1 Å². The van der Waals surface area contributed by atoms with Gasteiger partial charge in [-0.25, -0.2) is 0 Å². The predicted octanol–water partition coefficient (Wildman–Crippen LogP) is 2.60. The van der Waals surface area contributed by atoms with E-state index in [4.69, 9.17) is 0 Å². The second-order valence-electron chi connectivity index (χ2n) is 4.18. The molecule has 1 aliphatic rings. The zero-order valence-corrected chi connectivity index (χ0v) is 9.39. The fourth-order valence-electron chi connectivity index (χ4n) is 1.78. The van der Waals surface area contributed by atoms with Gasteiger partial charge in [-0.1, -0.05) is 41.1 Å². The van der Waals surface area contributed by atoms with Crippen LogP contribution in [-0.2, 0) is 6.42 Å². The molecule has 2 rings (SSSR count). The average molecular weight is 240 g/mol. The van der Waals surface area contributed by atoms with E-state index in [0.717, 1.165) is 13.1 Å². The van der Waals surface area contributed by atoms with Crippen molar-refractivity contribution in [1.82, 2.24) is 5.32 Å². The molecule has 1 aromatic rings. The summed E-state index contributed by atoms with van der Waals surface area (Å²) in [6, 6.07) is 8.49. The van der Waals surface area contributed by atoms with Gasteiger partial charge in [0.15, 0.2) is 0 Å². The Bertz CT molecular complexity index is 305. The quantitative estimate of drug-likeness (QED) is 0.837. The SMILES string of the molecule is CC1(Cc2ccccc2Br)CNC1. The first-order valence-corrected chi connectivity index (χ1v) is 5.43. The third-order valence-electron chi connectivity index (χ3n) is 2.68. The van der Waals surface area contributed by atoms with E-state index < -0.39 is 0 Å². The van der Waals surface area contributed by atoms with E-state index in [1.54, 1.807) is 0 Å². The highest BCUT2D eigenvalue weighted by Gasteiger charge is 2.31. The number of rotatable bonds is 2. The molecule has 0 bridgehead atoms. The number of halogens is 1. The molecule has 70 valence electrons. The van der Waals surface area contributed by atoms with Crippen LogP contribution in [0.2, 0.25) is 0 Å². The Morgan fingerprint density at radius 3 is 2.62 bits per heavy atom. The van der Waals surface area contributed by atoms with Gasteiger partial charge in [0.25, 0.3) is 0 Å². The molecule has 1 fully saturated rings. The van der Waals surface area contributed by atoms with E-state index in [2.05, 4.69) is 52.4 Å². The van der Waals surface area contributed by atoms with Gasteiger partial charge < -0.3 is 5.32 Å². The second-order valence-corrected chi connectivity index (χ2v) is 5.04. The van der Waals surface area contributed by atoms with Crippen molar-refractivity contribution in [2.24, 2.45) is 5.41 Å². The summed E-state index contributed by atoms with van der Waals surface area (Å²) in [7, 11) is 0. The van der Waals surface area contributed by atoms with E-state index in [9.17, 15) is 0 Å². The Kier molecular flexibility index (Phi) is 2.43. The van der Waals surface area contributed by atoms with Crippen LogP contribution in [0.3, 0.4) is 0 Å². The Morgan fingerprint density at radius 1 is 1.38 bits per heavy atom. The van der Waals surface area contributed by atoms with Crippen molar-refractivity contribution >= 4 is 15.9 Å². The molecule has 0 unspecified atom stereocenters. The summed E-state index contributed by atoms with van der Waals surface area (Å²) < 4.78 is 1.24. The van der Waals surface area contributed by atoms with Crippen LogP contribution >= 0.6 is 15.9 Å². The van der Waals surface area contributed by atoms with Gasteiger partial charge in [0, 0.05) is 17.6 Å². The molecule has 0 radical (unpaired) electrons. The Morgan fingerprint density at radius 2 is 2.08 bits per heavy atom. The first kappa shape index (κ1) is 9.22. The van der Waals surface area contributed by atoms with Crippen molar-refractivity contribution < 1.29 is 0 Å². The fraction of sp³-hybridized carbons (Fsp3) is 0.455. The molecule has 0 spiro atoms. The average Bonchev–Trinajstić information content (AvgIpc) is 2.06. The van der Waals surface area contributed by atoms with E-state index in [-0.39, 0.29) is 0 Å². The molecule has 1 N–H and O–H groups in total. The standard InChI is InChI=1S/C11H14BrN/c1-11(7-13-8-11)6-9-4-2-3-5-10(9)12/h2-5,13H,6-8H2,1H3. The van der Waals surface area contributed by atoms with Crippen LogP contribution in [0, 0.1) is 5.41 Å². The minimum absolute atomic E-state index is 0.476. The van der Waals surface area contributed by atoms with Crippen LogP contribution in [0.1, 0.15) is 12.5 Å². The van der Waals surface area contributed by atoms with Crippen molar-refractivity contribution in [3.63, 3.8) is 0 Å². The van der Waals surface area contributed by atoms with Gasteiger partial charge in [-0.05, 0) is 23.5 Å². The molecule has 0 amide bonds. The summed E-state index contributed by atoms with van der Waals surface area (Å²) in [6.07, 6.45) is 1.17. The lowest BCUT2D eigenvalue weighted by atomic mass is 9.78. The van der Waals surface area contributed by atoms with Crippen LogP contribution in [-0.4, -0.2) is 13.1 Å². The van der Waals surface area contributed by atoms with Crippen molar-refractivity contribution in [1.29, 1.82) is 0 Å². The zero-order chi connectivity index (χ0) is 9.31. The maximum absolute atomic E-state index is 3.58. The van der Waals surface area contributed by atoms with Crippen LogP contribution in [0.15, 0.2) is 28.7 Å². The van der Waals surface area contributed by atoms with Crippen LogP contribution in [0.4, 0.5) is 0 Å². The predicted molar refractivity (Wildman–Crippen MR) is 58.8 cm³/mol. The zero-order valence-electron chi connectivity index (χ0n) is 7.81. The normalized spacial score (nSPS) is 19.5. The van der Waals surface area contributed by atoms with Crippen LogP contribution < -0.4 is 5.32 Å². The van der Waals surface area contributed by atoms with E-state index >= 15 is 0 Å². The lowest BCUT2D eigenvalue weighted by Crippen LogP contribution is -2.52. The van der Waals surface area contributed by atoms with Gasteiger partial charge in [0.2, 0.25) is 0 Å². The lowest BCUT2D eigenvalue weighted by Gasteiger charge is -2.39. The summed E-state index contributed by atoms with van der Waals surface area (Å²) >= 11 is 3.58. The van der Waals surface area contributed by atoms with Crippen LogP contribution in [0.25, 0.3) is 0 Å². The summed E-state index contributed by atoms with van der Waals surface area (Å²) in [6.45, 7) is 4.63. The maximum Gasteiger partial charge on any atom is 0.0207 e. The van der Waals surface area contributed by atoms with Crippen LogP contribution in [0.5, 0.6) is 0 Å². The first-order chi connectivity index (χ1) is 6.20. The molecular weight excluding hydrogens is 226 g/mol. The van der Waals surface area contributed by atoms with Crippen molar-refractivity contribution in [3.8, 4) is 0 Å². The molecule has 0 aliphatic carbocycles. The van der Waals surface area contributed by atoms with Gasteiger partial charge in [0.05, 0.1) is 0 Å². The molecule has 13 heavy (non-hydrogen) atoms. The molecule has 1 heterocycles. The smallest absolute Gasteiger partial charge is 0.0207 e. The van der Waals surface area contributed by atoms with Crippen molar-refractivity contribution in [2.45, 2.75) is 13.3 Å². The topological polar surface area (TPSA) is 12.0 Å². The summed E-state index contributed by atoms with van der Waals surface area (Å²) in [5, 5.41) is 3.33. The lowest BCUT2D eigenvalue weighted by molar-refractivity contribution is 0.195. The summed E-state index contributed by atoms with van der Waals surface area (Å²) in [5.41, 5.74) is 1.90. The third kappa shape index (κ3) is 1.94. The third-order valence-corrected chi connectivity index (χ3v) is 3.45. The Balaban J connectivity index is 2.13. The second kappa shape index (κ2) is 3.43. The minimum Gasteiger partial charge on any atom is -0.316 e. The summed E-state index contributed by atoms with van der Waals surface area (Å²) in [5.74, 6) is 0. The van der Waals surface area contributed by atoms with Gasteiger partial charge in [-0.3, -0.25) is 0 Å². The Labute approximate surface area is 87.7 Å². The highest BCUT2D eigenvalue weighted by molar-refractivity contribution is 9.10. The molecule has 0 aromatic heterocycles. The molecule has 1 aliphatic heterocycles. The molecular formula is C11H14BrN. The van der Waals surface area contributed by atoms with E-state index in [1.807, 2.05) is 0 Å². The first-order valence-electron chi connectivity index (χ1n) is 4.64. The highest BCUT2D eigenvalue weighted by atomic mass is 79.9. The van der Waals surface area contributed by atoms with Crippen molar-refractivity contribution in [3.05, 3.63) is 34.3 Å². The van der Waals surface area contributed by atoms with Gasteiger partial charge in [-0.15, -0.1) is 0 Å². The molecule has 0 atom stereocenters. The van der Waals surface area contributed by atoms with E-state index in [1.165, 1.54) is 16.5 Å². The fourth-order valence-corrected chi connectivity index (χ4v) is 2.20. The molecule has 2 heteroatoms. The highest BCUT2D eigenvalue weighted by Crippen LogP contribution is 2.29. The van der Waals surface area contributed by atoms with Gasteiger partial charge in [-0.2, -0.15) is 0 Å². The minimum atomic E-state index is 0.476. The number of hydrogen-bond donors (Lipinski definition) is 1. The van der Waals surface area contributed by atoms with Gasteiger partial charge >= 0.3 is 0 Å². The molecule has 1 aromatic carbocycles.